The maximum Gasteiger partial charge on any atom is 0.348 e. The van der Waals surface area contributed by atoms with Gasteiger partial charge in [-0.1, -0.05) is 20.8 Å². The van der Waals surface area contributed by atoms with Crippen molar-refractivity contribution in [2.45, 2.75) is 73.3 Å². The molecule has 0 aromatic heterocycles. The second-order valence-electron chi connectivity index (χ2n) is 6.41. The molecule has 102 valence electrons. The van der Waals surface area contributed by atoms with Crippen LogP contribution in [0.15, 0.2) is 0 Å². The van der Waals surface area contributed by atoms with Crippen LogP contribution in [0.2, 0.25) is 0 Å². The number of hydrogen-bond acceptors (Lipinski definition) is 3. The van der Waals surface area contributed by atoms with Gasteiger partial charge in [-0.25, -0.2) is 4.79 Å². The number of hydrogen-bond donors (Lipinski definition) is 0. The van der Waals surface area contributed by atoms with Crippen molar-refractivity contribution >= 4 is 5.97 Å². The van der Waals surface area contributed by atoms with Gasteiger partial charge < -0.3 is 0 Å². The molecule has 0 heterocycles. The SMILES string of the molecule is CCC(C)(CCC(C)C)C(=O)OOC(C)(C)C. The van der Waals surface area contributed by atoms with Gasteiger partial charge in [-0.15, -0.1) is 0 Å². The van der Waals surface area contributed by atoms with Crippen LogP contribution in [-0.2, 0) is 14.6 Å². The third-order valence-electron chi connectivity index (χ3n) is 2.91. The van der Waals surface area contributed by atoms with Gasteiger partial charge in [0.2, 0.25) is 0 Å². The Hall–Kier alpha value is -0.570. The van der Waals surface area contributed by atoms with E-state index in [1.54, 1.807) is 0 Å². The van der Waals surface area contributed by atoms with Crippen molar-refractivity contribution < 1.29 is 14.6 Å². The summed E-state index contributed by atoms with van der Waals surface area (Å²) in [6, 6.07) is 0. The van der Waals surface area contributed by atoms with Crippen molar-refractivity contribution in [2.75, 3.05) is 0 Å². The predicted octanol–water partition coefficient (Wildman–Crippen LogP) is 4.11. The molecule has 1 atom stereocenters. The number of carbonyl (C=O) groups is 1. The summed E-state index contributed by atoms with van der Waals surface area (Å²) in [6.07, 6.45) is 2.63. The third-order valence-corrected chi connectivity index (χ3v) is 2.91. The molecule has 0 aliphatic carbocycles. The molecule has 0 spiro atoms. The molecule has 0 aromatic carbocycles. The Labute approximate surface area is 106 Å². The molecule has 0 rings (SSSR count). The lowest BCUT2D eigenvalue weighted by molar-refractivity contribution is -0.326. The normalized spacial score (nSPS) is 15.8. The Morgan fingerprint density at radius 1 is 1.18 bits per heavy atom. The predicted molar refractivity (Wildman–Crippen MR) is 69.4 cm³/mol. The second-order valence-corrected chi connectivity index (χ2v) is 6.41. The van der Waals surface area contributed by atoms with Crippen LogP contribution >= 0.6 is 0 Å². The average molecular weight is 244 g/mol. The van der Waals surface area contributed by atoms with Gasteiger partial charge in [-0.2, -0.15) is 4.89 Å². The lowest BCUT2D eigenvalue weighted by Crippen LogP contribution is -2.32. The fraction of sp³-hybridized carbons (Fsp3) is 0.929. The van der Waals surface area contributed by atoms with Crippen LogP contribution in [-0.4, -0.2) is 11.6 Å². The van der Waals surface area contributed by atoms with Crippen LogP contribution in [0.5, 0.6) is 0 Å². The molecule has 3 heteroatoms. The van der Waals surface area contributed by atoms with E-state index in [2.05, 4.69) is 13.8 Å². The first kappa shape index (κ1) is 16.4. The molecule has 3 nitrogen and oxygen atoms in total. The van der Waals surface area contributed by atoms with Gasteiger partial charge in [0.25, 0.3) is 0 Å². The third kappa shape index (κ3) is 6.67. The molecule has 0 saturated carbocycles. The van der Waals surface area contributed by atoms with Crippen LogP contribution in [0.3, 0.4) is 0 Å². The lowest BCUT2D eigenvalue weighted by Gasteiger charge is -2.27. The molecular formula is C14H28O3. The highest BCUT2D eigenvalue weighted by molar-refractivity contribution is 5.75. The monoisotopic (exact) mass is 244 g/mol. The summed E-state index contributed by atoms with van der Waals surface area (Å²) in [7, 11) is 0. The van der Waals surface area contributed by atoms with Crippen molar-refractivity contribution in [1.29, 1.82) is 0 Å². The van der Waals surface area contributed by atoms with Crippen LogP contribution in [0.1, 0.15) is 67.7 Å². The van der Waals surface area contributed by atoms with Gasteiger partial charge in [-0.3, -0.25) is 4.89 Å². The highest BCUT2D eigenvalue weighted by atomic mass is 17.2. The standard InChI is InChI=1S/C14H28O3/c1-8-14(7,10-9-11(2)3)12(15)16-17-13(4,5)6/h11H,8-10H2,1-7H3. The molecule has 0 saturated heterocycles. The Morgan fingerprint density at radius 2 is 1.71 bits per heavy atom. The first-order valence-corrected chi connectivity index (χ1v) is 6.51. The van der Waals surface area contributed by atoms with E-state index >= 15 is 0 Å². The van der Waals surface area contributed by atoms with Gasteiger partial charge in [0.05, 0.1) is 5.41 Å². The van der Waals surface area contributed by atoms with E-state index in [4.69, 9.17) is 9.78 Å². The zero-order valence-electron chi connectivity index (χ0n) is 12.4. The molecule has 0 bridgehead atoms. The van der Waals surface area contributed by atoms with Crippen LogP contribution in [0.25, 0.3) is 0 Å². The van der Waals surface area contributed by atoms with E-state index in [9.17, 15) is 4.79 Å². The van der Waals surface area contributed by atoms with Crippen molar-refractivity contribution in [3.8, 4) is 0 Å². The maximum absolute atomic E-state index is 12.0. The minimum absolute atomic E-state index is 0.254. The molecule has 0 fully saturated rings. The Balaban J connectivity index is 4.37. The van der Waals surface area contributed by atoms with Crippen molar-refractivity contribution in [3.63, 3.8) is 0 Å². The fourth-order valence-electron chi connectivity index (χ4n) is 1.29. The highest BCUT2D eigenvalue weighted by Gasteiger charge is 2.34. The molecule has 0 amide bonds. The van der Waals surface area contributed by atoms with Gasteiger partial charge in [0.1, 0.15) is 5.60 Å². The minimum atomic E-state index is -0.456. The molecule has 1 unspecified atom stereocenters. The van der Waals surface area contributed by atoms with E-state index in [0.29, 0.717) is 5.92 Å². The zero-order valence-corrected chi connectivity index (χ0v) is 12.4. The van der Waals surface area contributed by atoms with E-state index in [0.717, 1.165) is 19.3 Å². The Bertz CT molecular complexity index is 240. The zero-order chi connectivity index (χ0) is 13.7. The maximum atomic E-state index is 12.0. The largest absolute Gasteiger partial charge is 0.348 e. The molecule has 0 aromatic rings. The first-order chi connectivity index (χ1) is 7.60. The van der Waals surface area contributed by atoms with Crippen molar-refractivity contribution in [2.24, 2.45) is 11.3 Å². The molecule has 0 aliphatic rings. The fourth-order valence-corrected chi connectivity index (χ4v) is 1.29. The summed E-state index contributed by atoms with van der Waals surface area (Å²) in [6.45, 7) is 13.9. The van der Waals surface area contributed by atoms with Crippen molar-refractivity contribution in [1.82, 2.24) is 0 Å². The lowest BCUT2D eigenvalue weighted by atomic mass is 9.81. The number of rotatable bonds is 6. The molecule has 17 heavy (non-hydrogen) atoms. The average Bonchev–Trinajstić information content (AvgIpc) is 2.21. The number of carbonyl (C=O) groups excluding carboxylic acids is 1. The minimum Gasteiger partial charge on any atom is -0.297 e. The van der Waals surface area contributed by atoms with Crippen LogP contribution < -0.4 is 0 Å². The highest BCUT2D eigenvalue weighted by Crippen LogP contribution is 2.31. The summed E-state index contributed by atoms with van der Waals surface area (Å²) < 4.78 is 0. The Kier molecular flexibility index (Phi) is 6.17. The quantitative estimate of drug-likeness (QED) is 0.521. The molecule has 0 N–H and O–H groups in total. The van der Waals surface area contributed by atoms with Crippen LogP contribution in [0, 0.1) is 11.3 Å². The van der Waals surface area contributed by atoms with E-state index in [1.165, 1.54) is 0 Å². The van der Waals surface area contributed by atoms with Gasteiger partial charge >= 0.3 is 5.97 Å². The summed E-state index contributed by atoms with van der Waals surface area (Å²) >= 11 is 0. The second kappa shape index (κ2) is 6.39. The van der Waals surface area contributed by atoms with Gasteiger partial charge in [0, 0.05) is 0 Å². The van der Waals surface area contributed by atoms with E-state index in [1.807, 2.05) is 34.6 Å². The van der Waals surface area contributed by atoms with Gasteiger partial charge in [-0.05, 0) is 52.9 Å². The smallest absolute Gasteiger partial charge is 0.297 e. The summed E-state index contributed by atoms with van der Waals surface area (Å²) in [5.41, 5.74) is -0.891. The summed E-state index contributed by atoms with van der Waals surface area (Å²) in [5, 5.41) is 0. The Morgan fingerprint density at radius 3 is 2.06 bits per heavy atom. The summed E-state index contributed by atoms with van der Waals surface area (Å²) in [5.74, 6) is 0.341. The summed E-state index contributed by atoms with van der Waals surface area (Å²) in [4.78, 5) is 22.1. The van der Waals surface area contributed by atoms with Crippen LogP contribution in [0.4, 0.5) is 0 Å². The van der Waals surface area contributed by atoms with Gasteiger partial charge in [0.15, 0.2) is 0 Å². The first-order valence-electron chi connectivity index (χ1n) is 6.51. The van der Waals surface area contributed by atoms with E-state index in [-0.39, 0.29) is 5.97 Å². The topological polar surface area (TPSA) is 35.5 Å². The molecule has 0 radical (unpaired) electrons. The molecule has 0 aliphatic heterocycles. The van der Waals surface area contributed by atoms with Crippen molar-refractivity contribution in [3.05, 3.63) is 0 Å². The van der Waals surface area contributed by atoms with E-state index < -0.39 is 11.0 Å². The molecular weight excluding hydrogens is 216 g/mol.